The van der Waals surface area contributed by atoms with Gasteiger partial charge in [-0.1, -0.05) is 31.2 Å². The van der Waals surface area contributed by atoms with E-state index in [1.54, 1.807) is 6.08 Å². The largest absolute Gasteiger partial charge is 0.293 e. The molecular formula is C15H17NO2S. The first kappa shape index (κ1) is 13.9. The van der Waals surface area contributed by atoms with Crippen LogP contribution in [0.25, 0.3) is 6.08 Å². The fourth-order valence-corrected chi connectivity index (χ4v) is 2.89. The quantitative estimate of drug-likeness (QED) is 0.789. The summed E-state index contributed by atoms with van der Waals surface area (Å²) in [6.07, 6.45) is 2.77. The number of thioether (sulfide) groups is 1. The molecule has 19 heavy (non-hydrogen) atoms. The molecule has 0 atom stereocenters. The summed E-state index contributed by atoms with van der Waals surface area (Å²) in [5.41, 5.74) is 2.21. The topological polar surface area (TPSA) is 37.4 Å². The maximum Gasteiger partial charge on any atom is 0.293 e. The summed E-state index contributed by atoms with van der Waals surface area (Å²) in [4.78, 5) is 25.7. The molecular weight excluding hydrogens is 258 g/mol. The average Bonchev–Trinajstić information content (AvgIpc) is 2.65. The van der Waals surface area contributed by atoms with Gasteiger partial charge in [0.1, 0.15) is 0 Å². The Morgan fingerprint density at radius 2 is 1.84 bits per heavy atom. The van der Waals surface area contributed by atoms with E-state index in [2.05, 4.69) is 6.92 Å². The van der Waals surface area contributed by atoms with Crippen molar-refractivity contribution in [1.82, 2.24) is 4.90 Å². The minimum atomic E-state index is -0.190. The standard InChI is InChI=1S/C15H17NO2S/c1-4-11-5-7-12(8-6-11)9-13-14(17)16(10(2)3)15(18)19-13/h5-10H,4H2,1-3H3/b13-9+. The van der Waals surface area contributed by atoms with Crippen LogP contribution in [-0.2, 0) is 11.2 Å². The average molecular weight is 275 g/mol. The summed E-state index contributed by atoms with van der Waals surface area (Å²) in [6.45, 7) is 5.79. The molecule has 100 valence electrons. The van der Waals surface area contributed by atoms with Crippen molar-refractivity contribution in [2.24, 2.45) is 0 Å². The number of hydrogen-bond donors (Lipinski definition) is 0. The molecule has 1 heterocycles. The van der Waals surface area contributed by atoms with E-state index in [0.29, 0.717) is 4.91 Å². The van der Waals surface area contributed by atoms with E-state index >= 15 is 0 Å². The van der Waals surface area contributed by atoms with Gasteiger partial charge >= 0.3 is 0 Å². The fraction of sp³-hybridized carbons (Fsp3) is 0.333. The molecule has 0 saturated carbocycles. The Morgan fingerprint density at radius 3 is 2.32 bits per heavy atom. The molecule has 0 aliphatic carbocycles. The number of rotatable bonds is 3. The molecule has 4 heteroatoms. The number of carbonyl (C=O) groups is 2. The van der Waals surface area contributed by atoms with E-state index in [0.717, 1.165) is 23.7 Å². The van der Waals surface area contributed by atoms with Gasteiger partial charge in [-0.2, -0.15) is 0 Å². The molecule has 1 aliphatic heterocycles. The van der Waals surface area contributed by atoms with Crippen LogP contribution < -0.4 is 0 Å². The second kappa shape index (κ2) is 5.61. The first-order chi connectivity index (χ1) is 9.02. The molecule has 1 saturated heterocycles. The summed E-state index contributed by atoms with van der Waals surface area (Å²) in [5, 5.41) is -0.184. The van der Waals surface area contributed by atoms with E-state index < -0.39 is 0 Å². The molecule has 1 fully saturated rings. The van der Waals surface area contributed by atoms with Gasteiger partial charge < -0.3 is 0 Å². The van der Waals surface area contributed by atoms with Gasteiger partial charge in [-0.15, -0.1) is 0 Å². The van der Waals surface area contributed by atoms with Gasteiger partial charge in [-0.25, -0.2) is 0 Å². The zero-order chi connectivity index (χ0) is 14.0. The molecule has 0 bridgehead atoms. The minimum absolute atomic E-state index is 0.0964. The van der Waals surface area contributed by atoms with Crippen molar-refractivity contribution >= 4 is 29.0 Å². The normalized spacial score (nSPS) is 17.9. The Kier molecular flexibility index (Phi) is 4.10. The summed E-state index contributed by atoms with van der Waals surface area (Å²) in [5.74, 6) is -0.190. The van der Waals surface area contributed by atoms with Crippen molar-refractivity contribution in [2.75, 3.05) is 0 Å². The van der Waals surface area contributed by atoms with Crippen LogP contribution in [-0.4, -0.2) is 22.1 Å². The lowest BCUT2D eigenvalue weighted by atomic mass is 10.1. The van der Waals surface area contributed by atoms with Crippen LogP contribution in [0.15, 0.2) is 29.2 Å². The number of aryl methyl sites for hydroxylation is 1. The Morgan fingerprint density at radius 1 is 1.21 bits per heavy atom. The van der Waals surface area contributed by atoms with E-state index in [9.17, 15) is 9.59 Å². The Labute approximate surface area is 117 Å². The van der Waals surface area contributed by atoms with Gasteiger partial charge in [0.2, 0.25) is 0 Å². The van der Waals surface area contributed by atoms with Crippen molar-refractivity contribution in [2.45, 2.75) is 33.2 Å². The molecule has 1 aromatic carbocycles. The van der Waals surface area contributed by atoms with Crippen molar-refractivity contribution in [3.63, 3.8) is 0 Å². The van der Waals surface area contributed by atoms with Gasteiger partial charge in [-0.05, 0) is 49.2 Å². The number of nitrogens with zero attached hydrogens (tertiary/aromatic N) is 1. The summed E-state index contributed by atoms with van der Waals surface area (Å²) in [6, 6.07) is 7.93. The monoisotopic (exact) mass is 275 g/mol. The number of hydrogen-bond acceptors (Lipinski definition) is 3. The van der Waals surface area contributed by atoms with Crippen molar-refractivity contribution in [3.8, 4) is 0 Å². The Bertz CT molecular complexity index is 532. The molecule has 3 nitrogen and oxygen atoms in total. The predicted molar refractivity (Wildman–Crippen MR) is 78.8 cm³/mol. The molecule has 0 N–H and O–H groups in total. The van der Waals surface area contributed by atoms with Crippen LogP contribution in [0.3, 0.4) is 0 Å². The van der Waals surface area contributed by atoms with Gasteiger partial charge in [-0.3, -0.25) is 14.5 Å². The van der Waals surface area contributed by atoms with Gasteiger partial charge in [0, 0.05) is 6.04 Å². The van der Waals surface area contributed by atoms with Gasteiger partial charge in [0.05, 0.1) is 4.91 Å². The van der Waals surface area contributed by atoms with E-state index in [1.165, 1.54) is 10.5 Å². The third kappa shape index (κ3) is 2.89. The molecule has 0 aromatic heterocycles. The van der Waals surface area contributed by atoms with Crippen molar-refractivity contribution in [1.29, 1.82) is 0 Å². The van der Waals surface area contributed by atoms with E-state index in [-0.39, 0.29) is 17.2 Å². The number of carbonyl (C=O) groups excluding carboxylic acids is 2. The van der Waals surface area contributed by atoms with Gasteiger partial charge in [0.25, 0.3) is 11.1 Å². The second-order valence-corrected chi connectivity index (χ2v) is 5.73. The van der Waals surface area contributed by atoms with Crippen molar-refractivity contribution in [3.05, 3.63) is 40.3 Å². The summed E-state index contributed by atoms with van der Waals surface area (Å²) >= 11 is 1.01. The molecule has 0 spiro atoms. The van der Waals surface area contributed by atoms with Crippen LogP contribution >= 0.6 is 11.8 Å². The first-order valence-electron chi connectivity index (χ1n) is 6.39. The third-order valence-electron chi connectivity index (χ3n) is 3.03. The first-order valence-corrected chi connectivity index (χ1v) is 7.20. The highest BCUT2D eigenvalue weighted by Crippen LogP contribution is 2.33. The zero-order valence-electron chi connectivity index (χ0n) is 11.3. The van der Waals surface area contributed by atoms with Crippen LogP contribution in [0.5, 0.6) is 0 Å². The maximum absolute atomic E-state index is 12.1. The lowest BCUT2D eigenvalue weighted by Crippen LogP contribution is -2.34. The summed E-state index contributed by atoms with van der Waals surface area (Å²) in [7, 11) is 0. The molecule has 1 aromatic rings. The van der Waals surface area contributed by atoms with Crippen LogP contribution in [0.1, 0.15) is 31.9 Å². The molecule has 0 radical (unpaired) electrons. The minimum Gasteiger partial charge on any atom is -0.268 e. The van der Waals surface area contributed by atoms with E-state index in [1.807, 2.05) is 38.1 Å². The highest BCUT2D eigenvalue weighted by Gasteiger charge is 2.36. The third-order valence-corrected chi connectivity index (χ3v) is 3.91. The molecule has 1 aliphatic rings. The zero-order valence-corrected chi connectivity index (χ0v) is 12.2. The molecule has 2 rings (SSSR count). The summed E-state index contributed by atoms with van der Waals surface area (Å²) < 4.78 is 0. The van der Waals surface area contributed by atoms with Crippen LogP contribution in [0.2, 0.25) is 0 Å². The fourth-order valence-electron chi connectivity index (χ4n) is 1.93. The smallest absolute Gasteiger partial charge is 0.268 e. The second-order valence-electron chi connectivity index (χ2n) is 4.74. The highest BCUT2D eigenvalue weighted by atomic mass is 32.2. The Balaban J connectivity index is 2.24. The number of benzene rings is 1. The number of amides is 2. The number of imide groups is 1. The molecule has 0 unspecified atom stereocenters. The SMILES string of the molecule is CCc1ccc(/C=C2/SC(=O)N(C(C)C)C2=O)cc1. The predicted octanol–water partition coefficient (Wildman–Crippen LogP) is 3.69. The lowest BCUT2D eigenvalue weighted by Gasteiger charge is -2.16. The Hall–Kier alpha value is -1.55. The maximum atomic E-state index is 12.1. The molecule has 2 amide bonds. The highest BCUT2D eigenvalue weighted by molar-refractivity contribution is 8.18. The van der Waals surface area contributed by atoms with Crippen LogP contribution in [0.4, 0.5) is 4.79 Å². The van der Waals surface area contributed by atoms with Crippen molar-refractivity contribution < 1.29 is 9.59 Å². The van der Waals surface area contributed by atoms with Gasteiger partial charge in [0.15, 0.2) is 0 Å². The van der Waals surface area contributed by atoms with Crippen LogP contribution in [0, 0.1) is 0 Å². The lowest BCUT2D eigenvalue weighted by molar-refractivity contribution is -0.123. The van der Waals surface area contributed by atoms with E-state index in [4.69, 9.17) is 0 Å².